The molecule has 1 aromatic rings. The Bertz CT molecular complexity index is 388. The van der Waals surface area contributed by atoms with Crippen molar-refractivity contribution < 1.29 is 4.39 Å². The van der Waals surface area contributed by atoms with Crippen molar-refractivity contribution in [3.63, 3.8) is 0 Å². The maximum atomic E-state index is 13.1. The van der Waals surface area contributed by atoms with Gasteiger partial charge in [-0.3, -0.25) is 0 Å². The lowest BCUT2D eigenvalue weighted by molar-refractivity contribution is 0.454. The molecule has 1 nitrogen and oxygen atoms in total. The first-order chi connectivity index (χ1) is 8.66. The van der Waals surface area contributed by atoms with Crippen LogP contribution in [0.4, 0.5) is 4.39 Å². The van der Waals surface area contributed by atoms with Crippen LogP contribution in [0, 0.1) is 11.7 Å². The van der Waals surface area contributed by atoms with Gasteiger partial charge in [-0.05, 0) is 43.5 Å². The van der Waals surface area contributed by atoms with Crippen LogP contribution in [0.1, 0.15) is 50.6 Å². The van der Waals surface area contributed by atoms with E-state index in [1.807, 2.05) is 0 Å². The van der Waals surface area contributed by atoms with Crippen molar-refractivity contribution in [3.05, 3.63) is 34.6 Å². The third-order valence-corrected chi connectivity index (χ3v) is 4.21. The molecule has 0 heterocycles. The standard InChI is InChI=1S/C15H21ClFN/c1-11(13-6-7-15(17)14(16)10-13)18-9-8-12-4-2-3-5-12/h6-7,10-12,18H,2-5,8-9H2,1H3. The van der Waals surface area contributed by atoms with E-state index in [4.69, 9.17) is 11.6 Å². The summed E-state index contributed by atoms with van der Waals surface area (Å²) in [6, 6.07) is 5.18. The maximum Gasteiger partial charge on any atom is 0.141 e. The molecule has 1 fully saturated rings. The smallest absolute Gasteiger partial charge is 0.141 e. The Hall–Kier alpha value is -0.600. The van der Waals surface area contributed by atoms with Crippen molar-refractivity contribution in [2.45, 2.75) is 45.1 Å². The van der Waals surface area contributed by atoms with E-state index in [9.17, 15) is 4.39 Å². The molecular formula is C15H21ClFN. The van der Waals surface area contributed by atoms with Crippen molar-refractivity contribution in [2.75, 3.05) is 6.54 Å². The Kier molecular flexibility index (Phi) is 5.02. The fourth-order valence-corrected chi connectivity index (χ4v) is 2.89. The summed E-state index contributed by atoms with van der Waals surface area (Å²) in [5.74, 6) is 0.556. The number of hydrogen-bond acceptors (Lipinski definition) is 1. The van der Waals surface area contributed by atoms with Gasteiger partial charge in [0.25, 0.3) is 0 Å². The summed E-state index contributed by atoms with van der Waals surface area (Å²) < 4.78 is 13.1. The highest BCUT2D eigenvalue weighted by Gasteiger charge is 2.15. The monoisotopic (exact) mass is 269 g/mol. The molecule has 18 heavy (non-hydrogen) atoms. The summed E-state index contributed by atoms with van der Waals surface area (Å²) in [4.78, 5) is 0. The first-order valence-electron chi connectivity index (χ1n) is 6.85. The van der Waals surface area contributed by atoms with Crippen molar-refractivity contribution >= 4 is 11.6 Å². The molecule has 3 heteroatoms. The van der Waals surface area contributed by atoms with Gasteiger partial charge < -0.3 is 5.32 Å². The topological polar surface area (TPSA) is 12.0 Å². The minimum atomic E-state index is -0.349. The summed E-state index contributed by atoms with van der Waals surface area (Å²) in [6.45, 7) is 3.12. The Morgan fingerprint density at radius 2 is 2.11 bits per heavy atom. The average molecular weight is 270 g/mol. The van der Waals surface area contributed by atoms with Gasteiger partial charge in [0.1, 0.15) is 5.82 Å². The zero-order valence-electron chi connectivity index (χ0n) is 10.9. The third kappa shape index (κ3) is 3.69. The predicted molar refractivity (Wildman–Crippen MR) is 74.4 cm³/mol. The minimum Gasteiger partial charge on any atom is -0.310 e. The molecule has 1 saturated carbocycles. The largest absolute Gasteiger partial charge is 0.310 e. The van der Waals surface area contributed by atoms with Crippen molar-refractivity contribution in [3.8, 4) is 0 Å². The van der Waals surface area contributed by atoms with E-state index >= 15 is 0 Å². The van der Waals surface area contributed by atoms with Crippen LogP contribution in [-0.2, 0) is 0 Å². The van der Waals surface area contributed by atoms with E-state index in [1.54, 1.807) is 12.1 Å². The second-order valence-electron chi connectivity index (χ2n) is 5.29. The lowest BCUT2D eigenvalue weighted by Gasteiger charge is -2.16. The summed E-state index contributed by atoms with van der Waals surface area (Å²) in [5.41, 5.74) is 1.05. The number of benzene rings is 1. The van der Waals surface area contributed by atoms with Gasteiger partial charge in [-0.1, -0.05) is 43.4 Å². The molecule has 0 aromatic heterocycles. The SMILES string of the molecule is CC(NCCC1CCCC1)c1ccc(F)c(Cl)c1. The van der Waals surface area contributed by atoms with Gasteiger partial charge in [0.2, 0.25) is 0 Å². The van der Waals surface area contributed by atoms with Crippen LogP contribution in [0.3, 0.4) is 0 Å². The molecule has 2 rings (SSSR count). The van der Waals surface area contributed by atoms with Crippen molar-refractivity contribution in [1.82, 2.24) is 5.32 Å². The van der Waals surface area contributed by atoms with Gasteiger partial charge >= 0.3 is 0 Å². The molecule has 0 amide bonds. The summed E-state index contributed by atoms with van der Waals surface area (Å²) in [7, 11) is 0. The van der Waals surface area contributed by atoms with Crippen LogP contribution in [0.15, 0.2) is 18.2 Å². The van der Waals surface area contributed by atoms with Crippen molar-refractivity contribution in [2.24, 2.45) is 5.92 Å². The highest BCUT2D eigenvalue weighted by molar-refractivity contribution is 6.30. The van der Waals surface area contributed by atoms with Gasteiger partial charge in [-0.25, -0.2) is 4.39 Å². The summed E-state index contributed by atoms with van der Waals surface area (Å²) >= 11 is 5.79. The molecule has 1 N–H and O–H groups in total. The summed E-state index contributed by atoms with van der Waals surface area (Å²) in [5, 5.41) is 3.70. The number of halogens is 2. The summed E-state index contributed by atoms with van der Waals surface area (Å²) in [6.07, 6.45) is 6.82. The molecule has 0 saturated heterocycles. The lowest BCUT2D eigenvalue weighted by Crippen LogP contribution is -2.21. The molecule has 1 aliphatic rings. The Morgan fingerprint density at radius 1 is 1.39 bits per heavy atom. The van der Waals surface area contributed by atoms with Crippen LogP contribution in [0.5, 0.6) is 0 Å². The van der Waals surface area contributed by atoms with Crippen LogP contribution in [0.2, 0.25) is 5.02 Å². The van der Waals surface area contributed by atoms with Gasteiger partial charge in [-0.2, -0.15) is 0 Å². The van der Waals surface area contributed by atoms with Crippen molar-refractivity contribution in [1.29, 1.82) is 0 Å². The fraction of sp³-hybridized carbons (Fsp3) is 0.600. The molecule has 0 spiro atoms. The van der Waals surface area contributed by atoms with E-state index in [0.29, 0.717) is 0 Å². The molecule has 1 atom stereocenters. The minimum absolute atomic E-state index is 0.206. The Labute approximate surface area is 114 Å². The second kappa shape index (κ2) is 6.53. The normalized spacial score (nSPS) is 18.2. The highest BCUT2D eigenvalue weighted by Crippen LogP contribution is 2.27. The van der Waals surface area contributed by atoms with E-state index < -0.39 is 0 Å². The first-order valence-corrected chi connectivity index (χ1v) is 7.23. The van der Waals surface area contributed by atoms with Gasteiger partial charge in [0.05, 0.1) is 5.02 Å². The fourth-order valence-electron chi connectivity index (χ4n) is 2.70. The van der Waals surface area contributed by atoms with Gasteiger partial charge in [0.15, 0.2) is 0 Å². The molecule has 0 bridgehead atoms. The van der Waals surface area contributed by atoms with E-state index in [1.165, 1.54) is 38.2 Å². The van der Waals surface area contributed by atoms with Gasteiger partial charge in [-0.15, -0.1) is 0 Å². The average Bonchev–Trinajstić information content (AvgIpc) is 2.85. The van der Waals surface area contributed by atoms with E-state index in [2.05, 4.69) is 12.2 Å². The Morgan fingerprint density at radius 3 is 2.78 bits per heavy atom. The zero-order valence-corrected chi connectivity index (χ0v) is 11.6. The second-order valence-corrected chi connectivity index (χ2v) is 5.70. The van der Waals surface area contributed by atoms with Crippen LogP contribution >= 0.6 is 11.6 Å². The molecule has 0 aliphatic heterocycles. The van der Waals surface area contributed by atoms with Gasteiger partial charge in [0, 0.05) is 6.04 Å². The van der Waals surface area contributed by atoms with Crippen LogP contribution in [0.25, 0.3) is 0 Å². The third-order valence-electron chi connectivity index (χ3n) is 3.92. The van der Waals surface area contributed by atoms with Crippen LogP contribution < -0.4 is 5.32 Å². The molecule has 1 aliphatic carbocycles. The predicted octanol–water partition coefficient (Wildman–Crippen LogP) is 4.71. The zero-order chi connectivity index (χ0) is 13.0. The quantitative estimate of drug-likeness (QED) is 0.816. The highest BCUT2D eigenvalue weighted by atomic mass is 35.5. The molecule has 0 radical (unpaired) electrons. The Balaban J connectivity index is 1.79. The van der Waals surface area contributed by atoms with E-state index in [0.717, 1.165) is 18.0 Å². The maximum absolute atomic E-state index is 13.1. The number of nitrogens with one attached hydrogen (secondary N) is 1. The number of rotatable bonds is 5. The molecular weight excluding hydrogens is 249 g/mol. The lowest BCUT2D eigenvalue weighted by atomic mass is 10.0. The molecule has 100 valence electrons. The number of hydrogen-bond donors (Lipinski definition) is 1. The van der Waals surface area contributed by atoms with E-state index in [-0.39, 0.29) is 16.9 Å². The molecule has 1 unspecified atom stereocenters. The molecule has 1 aromatic carbocycles. The van der Waals surface area contributed by atoms with Crippen LogP contribution in [-0.4, -0.2) is 6.54 Å². The first kappa shape index (κ1) is 13.8.